The molecule has 1 aromatic heterocycles. The van der Waals surface area contributed by atoms with Crippen LogP contribution in [0.5, 0.6) is 11.5 Å². The fourth-order valence-electron chi connectivity index (χ4n) is 2.87. The number of carbonyl (C=O) groups excluding carboxylic acids is 1. The lowest BCUT2D eigenvalue weighted by molar-refractivity contribution is 0.0988. The van der Waals surface area contributed by atoms with Crippen LogP contribution in [0.3, 0.4) is 0 Å². The van der Waals surface area contributed by atoms with E-state index in [9.17, 15) is 14.7 Å². The Morgan fingerprint density at radius 1 is 1.23 bits per heavy atom. The summed E-state index contributed by atoms with van der Waals surface area (Å²) in [5.41, 5.74) is 0.0481. The van der Waals surface area contributed by atoms with Crippen LogP contribution in [0, 0.1) is 0 Å². The SMILES string of the molecule is COc1cccc2c1c(O)c(C(=O)N(C)c1cccc(Cl)c1)c(=O)n2C. The average Bonchev–Trinajstić information content (AvgIpc) is 2.64. The highest BCUT2D eigenvalue weighted by molar-refractivity contribution is 6.31. The number of amides is 1. The van der Waals surface area contributed by atoms with Gasteiger partial charge in [0, 0.05) is 24.8 Å². The predicted octanol–water partition coefficient (Wildman–Crippen LogP) is 3.18. The molecule has 2 aromatic carbocycles. The fourth-order valence-corrected chi connectivity index (χ4v) is 3.06. The van der Waals surface area contributed by atoms with Gasteiger partial charge in [0.05, 0.1) is 18.0 Å². The van der Waals surface area contributed by atoms with Crippen molar-refractivity contribution in [3.8, 4) is 11.5 Å². The number of aromatic nitrogens is 1. The third-order valence-corrected chi connectivity index (χ3v) is 4.53. The van der Waals surface area contributed by atoms with E-state index in [0.29, 0.717) is 27.4 Å². The maximum atomic E-state index is 13.0. The van der Waals surface area contributed by atoms with Crippen molar-refractivity contribution in [3.63, 3.8) is 0 Å². The minimum absolute atomic E-state index is 0.306. The van der Waals surface area contributed by atoms with Gasteiger partial charge >= 0.3 is 0 Å². The van der Waals surface area contributed by atoms with Crippen LogP contribution in [0.25, 0.3) is 10.9 Å². The molecule has 0 unspecified atom stereocenters. The van der Waals surface area contributed by atoms with E-state index in [4.69, 9.17) is 16.3 Å². The number of rotatable bonds is 3. The highest BCUT2D eigenvalue weighted by atomic mass is 35.5. The summed E-state index contributed by atoms with van der Waals surface area (Å²) >= 11 is 5.98. The highest BCUT2D eigenvalue weighted by Gasteiger charge is 2.26. The third kappa shape index (κ3) is 2.78. The quantitative estimate of drug-likeness (QED) is 0.766. The second-order valence-electron chi connectivity index (χ2n) is 5.79. The first-order valence-electron chi connectivity index (χ1n) is 7.79. The van der Waals surface area contributed by atoms with Crippen LogP contribution in [-0.4, -0.2) is 29.7 Å². The van der Waals surface area contributed by atoms with Gasteiger partial charge in [-0.3, -0.25) is 9.59 Å². The molecule has 134 valence electrons. The minimum Gasteiger partial charge on any atom is -0.506 e. The van der Waals surface area contributed by atoms with Crippen LogP contribution in [0.1, 0.15) is 10.4 Å². The molecule has 1 amide bonds. The van der Waals surface area contributed by atoms with Crippen LogP contribution in [0.4, 0.5) is 5.69 Å². The number of hydrogen-bond donors (Lipinski definition) is 1. The summed E-state index contributed by atoms with van der Waals surface area (Å²) in [6, 6.07) is 11.7. The molecule has 0 saturated heterocycles. The van der Waals surface area contributed by atoms with Crippen molar-refractivity contribution in [2.45, 2.75) is 0 Å². The number of ether oxygens (including phenoxy) is 1. The van der Waals surface area contributed by atoms with Gasteiger partial charge in [-0.2, -0.15) is 0 Å². The van der Waals surface area contributed by atoms with Gasteiger partial charge in [0.2, 0.25) is 0 Å². The molecule has 6 nitrogen and oxygen atoms in total. The van der Waals surface area contributed by atoms with Gasteiger partial charge in [0.15, 0.2) is 0 Å². The molecule has 0 aliphatic heterocycles. The van der Waals surface area contributed by atoms with Crippen LogP contribution >= 0.6 is 11.6 Å². The zero-order chi connectivity index (χ0) is 19.0. The maximum Gasteiger partial charge on any atom is 0.267 e. The van der Waals surface area contributed by atoms with Gasteiger partial charge < -0.3 is 19.3 Å². The molecule has 0 aliphatic rings. The number of carbonyl (C=O) groups is 1. The zero-order valence-corrected chi connectivity index (χ0v) is 15.2. The van der Waals surface area contributed by atoms with Crippen LogP contribution in [0.15, 0.2) is 47.3 Å². The van der Waals surface area contributed by atoms with Crippen molar-refractivity contribution < 1.29 is 14.6 Å². The first kappa shape index (κ1) is 17.8. The van der Waals surface area contributed by atoms with Crippen LogP contribution < -0.4 is 15.2 Å². The summed E-state index contributed by atoms with van der Waals surface area (Å²) in [6.45, 7) is 0. The molecule has 0 atom stereocenters. The second kappa shape index (κ2) is 6.72. The van der Waals surface area contributed by atoms with E-state index in [-0.39, 0.29) is 5.56 Å². The Morgan fingerprint density at radius 3 is 2.58 bits per heavy atom. The summed E-state index contributed by atoms with van der Waals surface area (Å²) in [5, 5.41) is 11.5. The second-order valence-corrected chi connectivity index (χ2v) is 6.22. The molecule has 0 radical (unpaired) electrons. The molecule has 0 saturated carbocycles. The zero-order valence-electron chi connectivity index (χ0n) is 14.5. The van der Waals surface area contributed by atoms with Crippen molar-refractivity contribution in [2.75, 3.05) is 19.1 Å². The topological polar surface area (TPSA) is 71.8 Å². The number of methoxy groups -OCH3 is 1. The van der Waals surface area contributed by atoms with Crippen LogP contribution in [-0.2, 0) is 7.05 Å². The monoisotopic (exact) mass is 372 g/mol. The van der Waals surface area contributed by atoms with Crippen molar-refractivity contribution in [1.29, 1.82) is 0 Å². The van der Waals surface area contributed by atoms with E-state index in [1.165, 1.54) is 23.6 Å². The molecule has 3 rings (SSSR count). The number of hydrogen-bond acceptors (Lipinski definition) is 4. The van der Waals surface area contributed by atoms with E-state index >= 15 is 0 Å². The Bertz CT molecular complexity index is 1080. The molecule has 0 fully saturated rings. The average molecular weight is 373 g/mol. The van der Waals surface area contributed by atoms with Crippen LogP contribution in [0.2, 0.25) is 5.02 Å². The smallest absolute Gasteiger partial charge is 0.267 e. The Morgan fingerprint density at radius 2 is 1.92 bits per heavy atom. The highest BCUT2D eigenvalue weighted by Crippen LogP contribution is 2.34. The summed E-state index contributed by atoms with van der Waals surface area (Å²) in [7, 11) is 4.51. The number of pyridine rings is 1. The van der Waals surface area contributed by atoms with Gasteiger partial charge in [0.25, 0.3) is 11.5 Å². The Labute approximate surface area is 154 Å². The van der Waals surface area contributed by atoms with Gasteiger partial charge in [0.1, 0.15) is 17.1 Å². The Kier molecular flexibility index (Phi) is 4.61. The van der Waals surface area contributed by atoms with Gasteiger partial charge in [-0.15, -0.1) is 0 Å². The third-order valence-electron chi connectivity index (χ3n) is 4.29. The number of nitrogens with zero attached hydrogens (tertiary/aromatic N) is 2. The number of benzene rings is 2. The molecule has 0 bridgehead atoms. The molecule has 0 aliphatic carbocycles. The molecule has 7 heteroatoms. The summed E-state index contributed by atoms with van der Waals surface area (Å²) in [6.07, 6.45) is 0. The minimum atomic E-state index is -0.641. The number of aromatic hydroxyl groups is 1. The Hall–Kier alpha value is -2.99. The number of fused-ring (bicyclic) bond motifs is 1. The maximum absolute atomic E-state index is 13.0. The van der Waals surface area contributed by atoms with Crippen molar-refractivity contribution >= 4 is 34.1 Å². The van der Waals surface area contributed by atoms with Gasteiger partial charge in [-0.1, -0.05) is 23.7 Å². The lowest BCUT2D eigenvalue weighted by Gasteiger charge is -2.20. The van der Waals surface area contributed by atoms with E-state index in [2.05, 4.69) is 0 Å². The first-order valence-corrected chi connectivity index (χ1v) is 8.17. The van der Waals surface area contributed by atoms with Gasteiger partial charge in [-0.25, -0.2) is 0 Å². The fraction of sp³-hybridized carbons (Fsp3) is 0.158. The van der Waals surface area contributed by atoms with E-state index in [1.807, 2.05) is 0 Å². The van der Waals surface area contributed by atoms with Crippen molar-refractivity contribution in [3.05, 3.63) is 63.4 Å². The molecular formula is C19H17ClN2O4. The lowest BCUT2D eigenvalue weighted by Crippen LogP contribution is -2.34. The molecule has 26 heavy (non-hydrogen) atoms. The summed E-state index contributed by atoms with van der Waals surface area (Å²) < 4.78 is 6.60. The molecule has 1 N–H and O–H groups in total. The predicted molar refractivity (Wildman–Crippen MR) is 102 cm³/mol. The lowest BCUT2D eigenvalue weighted by atomic mass is 10.1. The first-order chi connectivity index (χ1) is 12.4. The molecular weight excluding hydrogens is 356 g/mol. The molecule has 0 spiro atoms. The van der Waals surface area contributed by atoms with Crippen molar-refractivity contribution in [2.24, 2.45) is 7.05 Å². The summed E-state index contributed by atoms with van der Waals surface area (Å²) in [5.74, 6) is -0.673. The standard InChI is InChI=1S/C19H17ClN2O4/c1-21(12-7-4-6-11(20)10-12)18(24)16-17(23)15-13(22(2)19(16)25)8-5-9-14(15)26-3/h4-10,23H,1-3H3. The number of halogens is 1. The van der Waals surface area contributed by atoms with E-state index in [0.717, 1.165) is 0 Å². The largest absolute Gasteiger partial charge is 0.506 e. The van der Waals surface area contributed by atoms with E-state index < -0.39 is 17.2 Å². The Balaban J connectivity index is 2.25. The molecule has 1 heterocycles. The molecule has 3 aromatic rings. The number of anilines is 1. The normalized spacial score (nSPS) is 10.8. The summed E-state index contributed by atoms with van der Waals surface area (Å²) in [4.78, 5) is 27.0. The van der Waals surface area contributed by atoms with Crippen molar-refractivity contribution in [1.82, 2.24) is 4.57 Å². The van der Waals surface area contributed by atoms with E-state index in [1.54, 1.807) is 49.5 Å². The van der Waals surface area contributed by atoms with Gasteiger partial charge in [-0.05, 0) is 30.3 Å². The number of aryl methyl sites for hydroxylation is 1.